The molecule has 3 aromatic rings. The summed E-state index contributed by atoms with van der Waals surface area (Å²) in [6.07, 6.45) is 2.26. The largest absolute Gasteiger partial charge is 0.223 e. The smallest absolute Gasteiger partial charge is 0.189 e. The summed E-state index contributed by atoms with van der Waals surface area (Å²) in [4.78, 5) is 0.429. The van der Waals surface area contributed by atoms with Gasteiger partial charge in [-0.3, -0.25) is 0 Å². The number of sulfone groups is 1. The number of hydrogen-bond donors (Lipinski definition) is 0. The van der Waals surface area contributed by atoms with Crippen molar-refractivity contribution in [2.75, 3.05) is 0 Å². The molecule has 136 valence electrons. The van der Waals surface area contributed by atoms with Gasteiger partial charge in [0, 0.05) is 5.92 Å². The first-order chi connectivity index (χ1) is 13.2. The predicted molar refractivity (Wildman–Crippen MR) is 107 cm³/mol. The van der Waals surface area contributed by atoms with Crippen LogP contribution < -0.4 is 0 Å². The quantitative estimate of drug-likeness (QED) is 0.617. The van der Waals surface area contributed by atoms with E-state index >= 15 is 0 Å². The maximum atomic E-state index is 14.0. The first-order valence-corrected chi connectivity index (χ1v) is 11.1. The summed E-state index contributed by atoms with van der Waals surface area (Å²) >= 11 is 0. The molecule has 2 fully saturated rings. The molecular formula is C24H22O2S. The minimum Gasteiger partial charge on any atom is -0.223 e. The Morgan fingerprint density at radius 2 is 1.22 bits per heavy atom. The van der Waals surface area contributed by atoms with Gasteiger partial charge in [-0.25, -0.2) is 8.42 Å². The molecule has 1 unspecified atom stereocenters. The first kappa shape index (κ1) is 16.8. The van der Waals surface area contributed by atoms with Crippen molar-refractivity contribution in [1.82, 2.24) is 0 Å². The van der Waals surface area contributed by atoms with Crippen LogP contribution in [0.1, 0.15) is 29.9 Å². The molecular weight excluding hydrogens is 352 g/mol. The molecule has 0 saturated heterocycles. The van der Waals surface area contributed by atoms with E-state index in [1.54, 1.807) is 12.1 Å². The predicted octanol–water partition coefficient (Wildman–Crippen LogP) is 5.18. The highest BCUT2D eigenvalue weighted by molar-refractivity contribution is 7.92. The van der Waals surface area contributed by atoms with Gasteiger partial charge in [0.2, 0.25) is 0 Å². The van der Waals surface area contributed by atoms with Crippen molar-refractivity contribution in [3.63, 3.8) is 0 Å². The van der Waals surface area contributed by atoms with Crippen LogP contribution in [0.25, 0.3) is 0 Å². The van der Waals surface area contributed by atoms with Crippen molar-refractivity contribution in [1.29, 1.82) is 0 Å². The summed E-state index contributed by atoms with van der Waals surface area (Å²) in [7, 11) is -3.53. The molecule has 2 saturated carbocycles. The van der Waals surface area contributed by atoms with Crippen LogP contribution in [-0.4, -0.2) is 8.42 Å². The zero-order valence-corrected chi connectivity index (χ0v) is 15.8. The normalized spacial score (nSPS) is 27.3. The summed E-state index contributed by atoms with van der Waals surface area (Å²) in [6.45, 7) is 0. The van der Waals surface area contributed by atoms with E-state index in [9.17, 15) is 8.42 Å². The van der Waals surface area contributed by atoms with Crippen LogP contribution in [0, 0.1) is 11.8 Å². The first-order valence-electron chi connectivity index (χ1n) is 9.57. The van der Waals surface area contributed by atoms with Gasteiger partial charge in [0.25, 0.3) is 0 Å². The van der Waals surface area contributed by atoms with Crippen molar-refractivity contribution in [3.05, 3.63) is 102 Å². The third-order valence-corrected chi connectivity index (χ3v) is 8.76. The molecule has 0 aliphatic heterocycles. The molecule has 2 nitrogen and oxygen atoms in total. The molecule has 27 heavy (non-hydrogen) atoms. The Morgan fingerprint density at radius 1 is 0.704 bits per heavy atom. The van der Waals surface area contributed by atoms with Crippen LogP contribution in [-0.2, 0) is 14.6 Å². The van der Waals surface area contributed by atoms with Crippen molar-refractivity contribution in [2.24, 2.45) is 11.8 Å². The number of benzene rings is 3. The second-order valence-electron chi connectivity index (χ2n) is 7.73. The lowest BCUT2D eigenvalue weighted by Gasteiger charge is -2.21. The van der Waals surface area contributed by atoms with Crippen molar-refractivity contribution in [2.45, 2.75) is 28.4 Å². The van der Waals surface area contributed by atoms with Crippen LogP contribution in [0.2, 0.25) is 0 Å². The molecule has 0 spiro atoms. The van der Waals surface area contributed by atoms with E-state index in [-0.39, 0.29) is 11.8 Å². The average molecular weight is 375 g/mol. The van der Waals surface area contributed by atoms with Gasteiger partial charge in [0.1, 0.15) is 4.75 Å². The lowest BCUT2D eigenvalue weighted by atomic mass is 10.0. The Balaban J connectivity index is 1.76. The van der Waals surface area contributed by atoms with E-state index in [4.69, 9.17) is 0 Å². The highest BCUT2D eigenvalue weighted by atomic mass is 32.2. The second-order valence-corrected chi connectivity index (χ2v) is 9.88. The Kier molecular flexibility index (Phi) is 3.76. The maximum absolute atomic E-state index is 14.0. The molecule has 0 heterocycles. The van der Waals surface area contributed by atoms with Crippen LogP contribution in [0.15, 0.2) is 95.9 Å². The molecule has 0 amide bonds. The fraction of sp³-hybridized carbons (Fsp3) is 0.250. The molecule has 0 N–H and O–H groups in total. The van der Waals surface area contributed by atoms with E-state index < -0.39 is 14.6 Å². The van der Waals surface area contributed by atoms with Gasteiger partial charge < -0.3 is 0 Å². The standard InChI is InChI=1S/C24H22O2S/c25-27(26,21-14-8-3-9-15-21)24(20-12-6-2-7-13-20)22(23(24)19-16-17-19)18-10-4-1-5-11-18/h1-15,19,22-23H,16-17H2/t22-,23?,24+/m0/s1. The maximum Gasteiger partial charge on any atom is 0.189 e. The lowest BCUT2D eigenvalue weighted by molar-refractivity contribution is 0.561. The lowest BCUT2D eigenvalue weighted by Crippen LogP contribution is -2.25. The van der Waals surface area contributed by atoms with Gasteiger partial charge in [-0.1, -0.05) is 78.9 Å². The summed E-state index contributed by atoms with van der Waals surface area (Å²) in [5.74, 6) is 0.653. The second kappa shape index (κ2) is 6.07. The molecule has 0 radical (unpaired) electrons. The van der Waals surface area contributed by atoms with Crippen molar-refractivity contribution >= 4 is 9.84 Å². The zero-order valence-electron chi connectivity index (χ0n) is 15.0. The van der Waals surface area contributed by atoms with Crippen LogP contribution in [0.3, 0.4) is 0 Å². The molecule has 2 aliphatic carbocycles. The highest BCUT2D eigenvalue weighted by Gasteiger charge is 2.76. The van der Waals surface area contributed by atoms with E-state index in [0.29, 0.717) is 10.8 Å². The molecule has 2 aliphatic rings. The van der Waals surface area contributed by atoms with Gasteiger partial charge >= 0.3 is 0 Å². The molecule has 3 aromatic carbocycles. The van der Waals surface area contributed by atoms with Crippen molar-refractivity contribution in [3.8, 4) is 0 Å². The van der Waals surface area contributed by atoms with E-state index in [0.717, 1.165) is 24.0 Å². The topological polar surface area (TPSA) is 34.1 Å². The van der Waals surface area contributed by atoms with E-state index in [1.807, 2.05) is 66.7 Å². The number of rotatable bonds is 5. The highest BCUT2D eigenvalue weighted by Crippen LogP contribution is 2.75. The Bertz CT molecular complexity index is 1040. The van der Waals surface area contributed by atoms with Gasteiger partial charge in [-0.15, -0.1) is 0 Å². The number of hydrogen-bond acceptors (Lipinski definition) is 2. The van der Waals surface area contributed by atoms with Crippen LogP contribution in [0.5, 0.6) is 0 Å². The SMILES string of the molecule is O=S(=O)(c1ccccc1)[C@@]1(c2ccccc2)C(C2CC2)[C@@H]1c1ccccc1. The van der Waals surface area contributed by atoms with Gasteiger partial charge in [-0.2, -0.15) is 0 Å². The van der Waals surface area contributed by atoms with Crippen LogP contribution >= 0.6 is 0 Å². The van der Waals surface area contributed by atoms with Gasteiger partial charge in [0.05, 0.1) is 4.90 Å². The third kappa shape index (κ3) is 2.41. The summed E-state index contributed by atoms with van der Waals surface area (Å²) in [5.41, 5.74) is 2.07. The van der Waals surface area contributed by atoms with Crippen molar-refractivity contribution < 1.29 is 8.42 Å². The average Bonchev–Trinajstić information content (AvgIpc) is 3.63. The Labute approximate surface area is 160 Å². The fourth-order valence-corrected chi connectivity index (χ4v) is 7.54. The Hall–Kier alpha value is -2.39. The third-order valence-electron chi connectivity index (χ3n) is 6.22. The summed E-state index contributed by atoms with van der Waals surface area (Å²) < 4.78 is 27.2. The molecule has 5 rings (SSSR count). The summed E-state index contributed by atoms with van der Waals surface area (Å²) in [5, 5.41) is 0. The van der Waals surface area contributed by atoms with E-state index in [1.165, 1.54) is 0 Å². The molecule has 0 aromatic heterocycles. The van der Waals surface area contributed by atoms with Crippen LogP contribution in [0.4, 0.5) is 0 Å². The molecule has 3 heteroatoms. The van der Waals surface area contributed by atoms with Gasteiger partial charge in [0.15, 0.2) is 9.84 Å². The van der Waals surface area contributed by atoms with E-state index in [2.05, 4.69) is 12.1 Å². The monoisotopic (exact) mass is 374 g/mol. The Morgan fingerprint density at radius 3 is 1.78 bits per heavy atom. The zero-order chi connectivity index (χ0) is 18.5. The minimum atomic E-state index is -3.53. The van der Waals surface area contributed by atoms with Gasteiger partial charge in [-0.05, 0) is 47.9 Å². The summed E-state index contributed by atoms with van der Waals surface area (Å²) in [6, 6.07) is 29.1. The molecule has 3 atom stereocenters. The minimum absolute atomic E-state index is 0.0128. The fourth-order valence-electron chi connectivity index (χ4n) is 4.95. The molecule has 0 bridgehead atoms.